The van der Waals surface area contributed by atoms with Gasteiger partial charge in [0.25, 0.3) is 0 Å². The highest BCUT2D eigenvalue weighted by Gasteiger charge is 2.40. The SMILES string of the molecule is CN1CC=C(C(F)(F)F)N=C1N1CCN(C(=O)OC(C)(C)C)C[C@H]1c1ccc(F)cc1. The number of rotatable bonds is 1. The van der Waals surface area contributed by atoms with Crippen molar-refractivity contribution in [3.05, 3.63) is 47.4 Å². The number of carbonyl (C=O) groups is 1. The number of hydrogen-bond donors (Lipinski definition) is 0. The van der Waals surface area contributed by atoms with E-state index in [-0.39, 0.29) is 32.1 Å². The molecule has 0 spiro atoms. The summed E-state index contributed by atoms with van der Waals surface area (Å²) in [5.41, 5.74) is -0.971. The van der Waals surface area contributed by atoms with Gasteiger partial charge in [0, 0.05) is 33.2 Å². The maximum Gasteiger partial charge on any atom is 0.433 e. The predicted molar refractivity (Wildman–Crippen MR) is 108 cm³/mol. The van der Waals surface area contributed by atoms with E-state index in [1.165, 1.54) is 17.0 Å². The second kappa shape index (κ2) is 8.39. The molecule has 2 aliphatic heterocycles. The van der Waals surface area contributed by atoms with Gasteiger partial charge in [-0.05, 0) is 44.5 Å². The third-order valence-corrected chi connectivity index (χ3v) is 4.95. The third kappa shape index (κ3) is 5.48. The van der Waals surface area contributed by atoms with E-state index in [0.717, 1.165) is 6.08 Å². The number of aliphatic imine (C=N–C) groups is 1. The highest BCUT2D eigenvalue weighted by Crippen LogP contribution is 2.32. The Labute approximate surface area is 178 Å². The number of carbonyl (C=O) groups excluding carboxylic acids is 1. The molecule has 0 bridgehead atoms. The van der Waals surface area contributed by atoms with Crippen LogP contribution in [0.5, 0.6) is 0 Å². The van der Waals surface area contributed by atoms with Gasteiger partial charge in [0.05, 0.1) is 6.04 Å². The van der Waals surface area contributed by atoms with Crippen molar-refractivity contribution >= 4 is 12.1 Å². The van der Waals surface area contributed by atoms with Gasteiger partial charge in [-0.25, -0.2) is 14.2 Å². The van der Waals surface area contributed by atoms with Crippen LogP contribution in [0.15, 0.2) is 41.0 Å². The van der Waals surface area contributed by atoms with Crippen LogP contribution in [0.4, 0.5) is 22.4 Å². The molecule has 1 saturated heterocycles. The molecule has 0 saturated carbocycles. The molecular weight excluding hydrogens is 416 g/mol. The number of benzene rings is 1. The normalized spacial score (nSPS) is 20.4. The van der Waals surface area contributed by atoms with Gasteiger partial charge in [0.2, 0.25) is 5.96 Å². The first-order chi connectivity index (χ1) is 14.3. The number of piperazine rings is 1. The van der Waals surface area contributed by atoms with Crippen LogP contribution in [0.1, 0.15) is 32.4 Å². The van der Waals surface area contributed by atoms with Gasteiger partial charge >= 0.3 is 12.3 Å². The second-order valence-corrected chi connectivity index (χ2v) is 8.57. The fourth-order valence-electron chi connectivity index (χ4n) is 3.49. The number of amides is 1. The lowest BCUT2D eigenvalue weighted by atomic mass is 10.0. The minimum absolute atomic E-state index is 0.0517. The zero-order valence-electron chi connectivity index (χ0n) is 17.9. The van der Waals surface area contributed by atoms with Crippen molar-refractivity contribution in [3.8, 4) is 0 Å². The van der Waals surface area contributed by atoms with Gasteiger partial charge in [0.15, 0.2) is 0 Å². The topological polar surface area (TPSA) is 48.4 Å². The Balaban J connectivity index is 1.94. The fraction of sp³-hybridized carbons (Fsp3) is 0.524. The molecule has 0 aliphatic carbocycles. The summed E-state index contributed by atoms with van der Waals surface area (Å²) in [6, 6.07) is 5.18. The van der Waals surface area contributed by atoms with Gasteiger partial charge in [0.1, 0.15) is 17.1 Å². The van der Waals surface area contributed by atoms with Crippen LogP contribution in [-0.4, -0.2) is 71.8 Å². The summed E-state index contributed by atoms with van der Waals surface area (Å²) in [4.78, 5) is 21.3. The van der Waals surface area contributed by atoms with E-state index in [2.05, 4.69) is 4.99 Å². The summed E-state index contributed by atoms with van der Waals surface area (Å²) in [6.07, 6.45) is -4.03. The molecule has 1 fully saturated rings. The van der Waals surface area contributed by atoms with Crippen molar-refractivity contribution in [1.29, 1.82) is 0 Å². The molecule has 6 nitrogen and oxygen atoms in total. The molecule has 0 aromatic heterocycles. The van der Waals surface area contributed by atoms with Crippen LogP contribution < -0.4 is 0 Å². The van der Waals surface area contributed by atoms with Crippen molar-refractivity contribution in [2.24, 2.45) is 4.99 Å². The van der Waals surface area contributed by atoms with Crippen molar-refractivity contribution < 1.29 is 27.1 Å². The van der Waals surface area contributed by atoms with E-state index in [4.69, 9.17) is 4.74 Å². The summed E-state index contributed by atoms with van der Waals surface area (Å²) in [7, 11) is 1.66. The van der Waals surface area contributed by atoms with E-state index in [1.54, 1.807) is 49.8 Å². The highest BCUT2D eigenvalue weighted by molar-refractivity contribution is 5.83. The Kier molecular flexibility index (Phi) is 6.20. The Morgan fingerprint density at radius 3 is 2.35 bits per heavy atom. The lowest BCUT2D eigenvalue weighted by molar-refractivity contribution is -0.0932. The van der Waals surface area contributed by atoms with E-state index < -0.39 is 35.4 Å². The third-order valence-electron chi connectivity index (χ3n) is 4.95. The zero-order chi connectivity index (χ0) is 23.0. The van der Waals surface area contributed by atoms with Crippen LogP contribution in [0, 0.1) is 5.82 Å². The van der Waals surface area contributed by atoms with Crippen LogP contribution in [0.2, 0.25) is 0 Å². The summed E-state index contributed by atoms with van der Waals surface area (Å²) in [5, 5.41) is 0. The van der Waals surface area contributed by atoms with Crippen molar-refractivity contribution in [2.45, 2.75) is 38.6 Å². The van der Waals surface area contributed by atoms with Gasteiger partial charge in [-0.3, -0.25) is 0 Å². The number of alkyl halides is 3. The van der Waals surface area contributed by atoms with Crippen LogP contribution in [-0.2, 0) is 4.74 Å². The molecule has 1 atom stereocenters. The number of likely N-dealkylation sites (N-methyl/N-ethyl adjacent to an activating group) is 1. The lowest BCUT2D eigenvalue weighted by Crippen LogP contribution is -2.56. The molecule has 1 amide bonds. The second-order valence-electron chi connectivity index (χ2n) is 8.57. The highest BCUT2D eigenvalue weighted by atomic mass is 19.4. The maximum atomic E-state index is 13.5. The average molecular weight is 442 g/mol. The first-order valence-corrected chi connectivity index (χ1v) is 9.92. The number of ether oxygens (including phenoxy) is 1. The molecule has 170 valence electrons. The van der Waals surface area contributed by atoms with Crippen LogP contribution >= 0.6 is 0 Å². The van der Waals surface area contributed by atoms with Crippen molar-refractivity contribution in [1.82, 2.24) is 14.7 Å². The number of nitrogens with zero attached hydrogens (tertiary/aromatic N) is 4. The monoisotopic (exact) mass is 442 g/mol. The Hall–Kier alpha value is -2.78. The quantitative estimate of drug-likeness (QED) is 0.613. The first kappa shape index (κ1) is 22.9. The molecule has 3 rings (SSSR count). The number of halogens is 4. The molecule has 0 unspecified atom stereocenters. The van der Waals surface area contributed by atoms with Crippen molar-refractivity contribution in [2.75, 3.05) is 33.2 Å². The maximum absolute atomic E-state index is 13.5. The lowest BCUT2D eigenvalue weighted by Gasteiger charge is -2.45. The molecule has 2 heterocycles. The molecule has 1 aromatic carbocycles. The van der Waals surface area contributed by atoms with E-state index in [0.29, 0.717) is 5.56 Å². The smallest absolute Gasteiger partial charge is 0.433 e. The molecular formula is C21H26F4N4O2. The molecule has 2 aliphatic rings. The Bertz CT molecular complexity index is 875. The standard InChI is InChI=1S/C21H26F4N4O2/c1-20(2,3)31-19(30)28-11-12-29(16(13-28)14-5-7-15(22)8-6-14)18-26-17(21(23,24)25)9-10-27(18)4/h5-9,16H,10-13H2,1-4H3/t16-/m0/s1. The minimum atomic E-state index is -4.56. The number of hydrogen-bond acceptors (Lipinski definition) is 5. The van der Waals surface area contributed by atoms with Gasteiger partial charge in [-0.15, -0.1) is 0 Å². The average Bonchev–Trinajstić information content (AvgIpc) is 2.66. The minimum Gasteiger partial charge on any atom is -0.444 e. The summed E-state index contributed by atoms with van der Waals surface area (Å²) in [6.45, 7) is 5.99. The largest absolute Gasteiger partial charge is 0.444 e. The van der Waals surface area contributed by atoms with Crippen LogP contribution in [0.25, 0.3) is 0 Å². The first-order valence-electron chi connectivity index (χ1n) is 9.92. The zero-order valence-corrected chi connectivity index (χ0v) is 17.9. The van der Waals surface area contributed by atoms with Crippen LogP contribution in [0.3, 0.4) is 0 Å². The van der Waals surface area contributed by atoms with Gasteiger partial charge < -0.3 is 19.4 Å². The number of allylic oxidation sites excluding steroid dienone is 1. The van der Waals surface area contributed by atoms with Crippen molar-refractivity contribution in [3.63, 3.8) is 0 Å². The summed E-state index contributed by atoms with van der Waals surface area (Å²) in [5.74, 6) is -0.266. The molecule has 0 N–H and O–H groups in total. The van der Waals surface area contributed by atoms with E-state index in [1.807, 2.05) is 0 Å². The predicted octanol–water partition coefficient (Wildman–Crippen LogP) is 4.17. The molecule has 1 aromatic rings. The fourth-order valence-corrected chi connectivity index (χ4v) is 3.49. The molecule has 10 heteroatoms. The Morgan fingerprint density at radius 2 is 1.77 bits per heavy atom. The summed E-state index contributed by atoms with van der Waals surface area (Å²) >= 11 is 0. The molecule has 0 radical (unpaired) electrons. The Morgan fingerprint density at radius 1 is 1.13 bits per heavy atom. The number of guanidine groups is 1. The van der Waals surface area contributed by atoms with E-state index >= 15 is 0 Å². The van der Waals surface area contributed by atoms with E-state index in [9.17, 15) is 22.4 Å². The van der Waals surface area contributed by atoms with Gasteiger partial charge in [-0.1, -0.05) is 12.1 Å². The van der Waals surface area contributed by atoms with Gasteiger partial charge in [-0.2, -0.15) is 13.2 Å². The molecule has 31 heavy (non-hydrogen) atoms. The summed E-state index contributed by atoms with van der Waals surface area (Å²) < 4.78 is 58.8.